The highest BCUT2D eigenvalue weighted by molar-refractivity contribution is 7.92. The molecule has 1 aliphatic heterocycles. The summed E-state index contributed by atoms with van der Waals surface area (Å²) in [6, 6.07) is 4.92. The fourth-order valence-corrected chi connectivity index (χ4v) is 3.40. The van der Waals surface area contributed by atoms with Crippen LogP contribution in [-0.2, 0) is 14.8 Å². The molecule has 1 aromatic carbocycles. The highest BCUT2D eigenvalue weighted by atomic mass is 32.2. The zero-order valence-corrected chi connectivity index (χ0v) is 13.2. The fraction of sp³-hybridized carbons (Fsp3) is 0.500. The van der Waals surface area contributed by atoms with Gasteiger partial charge in [0.1, 0.15) is 5.75 Å². The quantitative estimate of drug-likeness (QED) is 0.902. The number of hydrogen-bond acceptors (Lipinski definition) is 4. The summed E-state index contributed by atoms with van der Waals surface area (Å²) in [7, 11) is -1.71. The summed E-state index contributed by atoms with van der Waals surface area (Å²) < 4.78 is 31.8. The Morgan fingerprint density at radius 3 is 2.76 bits per heavy atom. The molecule has 0 saturated carbocycles. The van der Waals surface area contributed by atoms with Crippen molar-refractivity contribution in [2.24, 2.45) is 0 Å². The van der Waals surface area contributed by atoms with E-state index in [1.165, 1.54) is 4.90 Å². The number of amides is 1. The van der Waals surface area contributed by atoms with Gasteiger partial charge >= 0.3 is 0 Å². The maximum atomic E-state index is 11.9. The molecule has 2 rings (SSSR count). The van der Waals surface area contributed by atoms with Gasteiger partial charge in [0, 0.05) is 7.05 Å². The van der Waals surface area contributed by atoms with Crippen molar-refractivity contribution in [2.75, 3.05) is 22.4 Å². The predicted octanol–water partition coefficient (Wildman–Crippen LogP) is 1.97. The standard InChI is InChI=1S/C14H20N2O4S/c1-4-5-8-21(18,19)15-11-6-7-13-12(9-11)16(3)14(17)10(2)20-13/h6-7,9-10,15H,4-5,8H2,1-3H3. The molecule has 1 atom stereocenters. The zero-order valence-electron chi connectivity index (χ0n) is 12.4. The van der Waals surface area contributed by atoms with E-state index in [0.29, 0.717) is 23.5 Å². The third-order valence-electron chi connectivity index (χ3n) is 3.34. The van der Waals surface area contributed by atoms with Crippen LogP contribution in [0.25, 0.3) is 0 Å². The number of nitrogens with zero attached hydrogens (tertiary/aromatic N) is 1. The highest BCUT2D eigenvalue weighted by Gasteiger charge is 2.29. The third kappa shape index (κ3) is 3.47. The first-order chi connectivity index (χ1) is 9.84. The number of fused-ring (bicyclic) bond motifs is 1. The number of hydrogen-bond donors (Lipinski definition) is 1. The van der Waals surface area contributed by atoms with Crippen molar-refractivity contribution in [3.05, 3.63) is 18.2 Å². The second kappa shape index (κ2) is 5.93. The molecule has 1 amide bonds. The minimum atomic E-state index is -3.36. The summed E-state index contributed by atoms with van der Waals surface area (Å²) in [5.41, 5.74) is 0.997. The number of ether oxygens (including phenoxy) is 1. The Morgan fingerprint density at radius 2 is 2.10 bits per heavy atom. The molecule has 1 aromatic rings. The van der Waals surface area contributed by atoms with E-state index in [1.807, 2.05) is 6.92 Å². The predicted molar refractivity (Wildman–Crippen MR) is 82.3 cm³/mol. The van der Waals surface area contributed by atoms with Crippen molar-refractivity contribution in [1.82, 2.24) is 0 Å². The van der Waals surface area contributed by atoms with Crippen molar-refractivity contribution < 1.29 is 17.9 Å². The lowest BCUT2D eigenvalue weighted by molar-refractivity contribution is -0.125. The Hall–Kier alpha value is -1.76. The van der Waals surface area contributed by atoms with Crippen LogP contribution >= 0.6 is 0 Å². The maximum absolute atomic E-state index is 11.9. The first-order valence-electron chi connectivity index (χ1n) is 6.93. The number of nitrogens with one attached hydrogen (secondary N) is 1. The molecule has 1 heterocycles. The summed E-state index contributed by atoms with van der Waals surface area (Å²) in [4.78, 5) is 13.4. The molecule has 0 spiro atoms. The molecule has 0 aliphatic carbocycles. The molecule has 0 aromatic heterocycles. The minimum Gasteiger partial charge on any atom is -0.479 e. The van der Waals surface area contributed by atoms with Gasteiger partial charge in [-0.25, -0.2) is 8.42 Å². The monoisotopic (exact) mass is 312 g/mol. The van der Waals surface area contributed by atoms with E-state index < -0.39 is 16.1 Å². The van der Waals surface area contributed by atoms with Crippen LogP contribution in [0.5, 0.6) is 5.75 Å². The second-order valence-electron chi connectivity index (χ2n) is 5.11. The Labute approximate surface area is 125 Å². The molecule has 21 heavy (non-hydrogen) atoms. The lowest BCUT2D eigenvalue weighted by Gasteiger charge is -2.30. The molecule has 1 unspecified atom stereocenters. The van der Waals surface area contributed by atoms with Crippen LogP contribution in [0.4, 0.5) is 11.4 Å². The molecule has 7 heteroatoms. The van der Waals surface area contributed by atoms with Crippen LogP contribution in [0, 0.1) is 0 Å². The van der Waals surface area contributed by atoms with Gasteiger partial charge in [0.2, 0.25) is 10.0 Å². The van der Waals surface area contributed by atoms with E-state index in [2.05, 4.69) is 4.72 Å². The SMILES string of the molecule is CCCCS(=O)(=O)Nc1ccc2c(c1)N(C)C(=O)C(C)O2. The second-order valence-corrected chi connectivity index (χ2v) is 6.96. The first kappa shape index (κ1) is 15.6. The molecule has 0 bridgehead atoms. The van der Waals surface area contributed by atoms with Crippen LogP contribution in [0.3, 0.4) is 0 Å². The number of sulfonamides is 1. The summed E-state index contributed by atoms with van der Waals surface area (Å²) >= 11 is 0. The number of unbranched alkanes of at least 4 members (excludes halogenated alkanes) is 1. The van der Waals surface area contributed by atoms with Gasteiger partial charge in [0.15, 0.2) is 6.10 Å². The molecule has 0 fully saturated rings. The van der Waals surface area contributed by atoms with Gasteiger partial charge in [0.05, 0.1) is 17.1 Å². The molecule has 6 nitrogen and oxygen atoms in total. The maximum Gasteiger partial charge on any atom is 0.267 e. The van der Waals surface area contributed by atoms with Gasteiger partial charge in [-0.1, -0.05) is 13.3 Å². The normalized spacial score (nSPS) is 18.1. The molecular weight excluding hydrogens is 292 g/mol. The van der Waals surface area contributed by atoms with Gasteiger partial charge in [-0.3, -0.25) is 9.52 Å². The number of rotatable bonds is 5. The zero-order chi connectivity index (χ0) is 15.6. The minimum absolute atomic E-state index is 0.0862. The largest absolute Gasteiger partial charge is 0.479 e. The topological polar surface area (TPSA) is 75.7 Å². The summed E-state index contributed by atoms with van der Waals surface area (Å²) in [5, 5.41) is 0. The molecule has 0 radical (unpaired) electrons. The first-order valence-corrected chi connectivity index (χ1v) is 8.58. The highest BCUT2D eigenvalue weighted by Crippen LogP contribution is 2.35. The van der Waals surface area contributed by atoms with Gasteiger partial charge in [-0.2, -0.15) is 0 Å². The van der Waals surface area contributed by atoms with Gasteiger partial charge in [-0.05, 0) is 31.5 Å². The summed E-state index contributed by atoms with van der Waals surface area (Å²) in [6.07, 6.45) is 0.891. The molecule has 1 N–H and O–H groups in total. The fourth-order valence-electron chi connectivity index (χ4n) is 2.14. The molecular formula is C14H20N2O4S. The number of carbonyl (C=O) groups is 1. The van der Waals surface area contributed by atoms with Crippen LogP contribution in [0.1, 0.15) is 26.7 Å². The van der Waals surface area contributed by atoms with E-state index in [9.17, 15) is 13.2 Å². The van der Waals surface area contributed by atoms with E-state index in [1.54, 1.807) is 32.2 Å². The van der Waals surface area contributed by atoms with E-state index in [-0.39, 0.29) is 11.7 Å². The van der Waals surface area contributed by atoms with Crippen LogP contribution in [0.2, 0.25) is 0 Å². The Kier molecular flexibility index (Phi) is 4.41. The smallest absolute Gasteiger partial charge is 0.267 e. The van der Waals surface area contributed by atoms with Gasteiger partial charge in [-0.15, -0.1) is 0 Å². The van der Waals surface area contributed by atoms with Crippen molar-refractivity contribution in [2.45, 2.75) is 32.8 Å². The van der Waals surface area contributed by atoms with E-state index in [4.69, 9.17) is 4.74 Å². The average Bonchev–Trinajstić information content (AvgIpc) is 2.43. The van der Waals surface area contributed by atoms with Crippen molar-refractivity contribution in [3.63, 3.8) is 0 Å². The lowest BCUT2D eigenvalue weighted by Crippen LogP contribution is -2.42. The van der Waals surface area contributed by atoms with Crippen LogP contribution in [-0.4, -0.2) is 33.2 Å². The van der Waals surface area contributed by atoms with Gasteiger partial charge in [0.25, 0.3) is 5.91 Å². The Balaban J connectivity index is 2.24. The number of benzene rings is 1. The van der Waals surface area contributed by atoms with Crippen molar-refractivity contribution in [3.8, 4) is 5.75 Å². The summed E-state index contributed by atoms with van der Waals surface area (Å²) in [6.45, 7) is 3.62. The van der Waals surface area contributed by atoms with Crippen LogP contribution in [0.15, 0.2) is 18.2 Å². The van der Waals surface area contributed by atoms with E-state index in [0.717, 1.165) is 6.42 Å². The average molecular weight is 312 g/mol. The molecule has 116 valence electrons. The Morgan fingerprint density at radius 1 is 1.38 bits per heavy atom. The lowest BCUT2D eigenvalue weighted by atomic mass is 10.2. The van der Waals surface area contributed by atoms with Crippen molar-refractivity contribution >= 4 is 27.3 Å². The number of carbonyl (C=O) groups excluding carboxylic acids is 1. The van der Waals surface area contributed by atoms with E-state index >= 15 is 0 Å². The third-order valence-corrected chi connectivity index (χ3v) is 4.72. The Bertz CT molecular complexity index is 642. The van der Waals surface area contributed by atoms with Crippen LogP contribution < -0.4 is 14.4 Å². The molecule has 1 aliphatic rings. The van der Waals surface area contributed by atoms with Gasteiger partial charge < -0.3 is 9.64 Å². The number of anilines is 2. The molecule has 0 saturated heterocycles. The van der Waals surface area contributed by atoms with Crippen molar-refractivity contribution in [1.29, 1.82) is 0 Å². The summed E-state index contributed by atoms with van der Waals surface area (Å²) in [5.74, 6) is 0.498. The number of likely N-dealkylation sites (N-methyl/N-ethyl adjacent to an activating group) is 1.